The van der Waals surface area contributed by atoms with Crippen LogP contribution in [0, 0.1) is 5.92 Å². The number of carbonyl (C=O) groups excluding carboxylic acids is 1. The van der Waals surface area contributed by atoms with Gasteiger partial charge in [-0.25, -0.2) is 13.1 Å². The quantitative estimate of drug-likeness (QED) is 0.641. The van der Waals surface area contributed by atoms with Crippen molar-refractivity contribution in [2.75, 3.05) is 13.1 Å². The number of aliphatic hydroxyl groups is 1. The van der Waals surface area contributed by atoms with Crippen LogP contribution in [0.2, 0.25) is 0 Å². The molecule has 1 fully saturated rings. The van der Waals surface area contributed by atoms with Gasteiger partial charge in [-0.3, -0.25) is 4.79 Å². The number of hydrogen-bond donors (Lipinski definition) is 3. The Morgan fingerprint density at radius 1 is 1.29 bits per heavy atom. The Bertz CT molecular complexity index is 592. The van der Waals surface area contributed by atoms with Crippen molar-refractivity contribution in [1.82, 2.24) is 10.0 Å². The second kappa shape index (κ2) is 6.55. The maximum atomic E-state index is 12.0. The van der Waals surface area contributed by atoms with Crippen molar-refractivity contribution in [2.24, 2.45) is 5.92 Å². The number of carbonyl (C=O) groups is 1. The van der Waals surface area contributed by atoms with Crippen LogP contribution in [0.25, 0.3) is 0 Å². The molecule has 21 heavy (non-hydrogen) atoms. The van der Waals surface area contributed by atoms with E-state index in [1.54, 1.807) is 19.1 Å². The summed E-state index contributed by atoms with van der Waals surface area (Å²) in [6.07, 6.45) is 1.22. The van der Waals surface area contributed by atoms with Gasteiger partial charge in [-0.1, -0.05) is 12.1 Å². The molecular formula is C14H20N2O4S. The summed E-state index contributed by atoms with van der Waals surface area (Å²) in [6, 6.07) is 6.06. The van der Waals surface area contributed by atoms with Crippen molar-refractivity contribution in [3.05, 3.63) is 29.8 Å². The molecule has 0 bridgehead atoms. The van der Waals surface area contributed by atoms with Gasteiger partial charge in [0.2, 0.25) is 15.9 Å². The molecule has 0 radical (unpaired) electrons. The second-order valence-corrected chi connectivity index (χ2v) is 6.98. The third-order valence-electron chi connectivity index (χ3n) is 3.34. The summed E-state index contributed by atoms with van der Waals surface area (Å²) in [6.45, 7) is 2.05. The third-order valence-corrected chi connectivity index (χ3v) is 4.81. The number of sulfonamides is 1. The molecule has 1 amide bonds. The Labute approximate surface area is 124 Å². The molecule has 0 aromatic heterocycles. The van der Waals surface area contributed by atoms with Crippen LogP contribution in [0.15, 0.2) is 29.2 Å². The lowest BCUT2D eigenvalue weighted by Gasteiger charge is -2.09. The molecule has 1 aromatic carbocycles. The van der Waals surface area contributed by atoms with Crippen molar-refractivity contribution in [3.63, 3.8) is 0 Å². The molecule has 6 nitrogen and oxygen atoms in total. The molecule has 1 unspecified atom stereocenters. The number of hydrogen-bond acceptors (Lipinski definition) is 4. The zero-order valence-electron chi connectivity index (χ0n) is 11.9. The van der Waals surface area contributed by atoms with E-state index in [0.29, 0.717) is 5.56 Å². The third kappa shape index (κ3) is 4.52. The number of benzene rings is 1. The zero-order chi connectivity index (χ0) is 15.5. The molecule has 0 heterocycles. The van der Waals surface area contributed by atoms with E-state index in [1.807, 2.05) is 0 Å². The highest BCUT2D eigenvalue weighted by atomic mass is 32.2. The molecule has 1 aromatic rings. The van der Waals surface area contributed by atoms with E-state index in [-0.39, 0.29) is 29.8 Å². The highest BCUT2D eigenvalue weighted by molar-refractivity contribution is 7.89. The predicted octanol–water partition coefficient (Wildman–Crippen LogP) is 0.544. The van der Waals surface area contributed by atoms with Gasteiger partial charge in [-0.2, -0.15) is 0 Å². The van der Waals surface area contributed by atoms with Gasteiger partial charge in [0.05, 0.1) is 11.0 Å². The smallest absolute Gasteiger partial charge is 0.240 e. The summed E-state index contributed by atoms with van der Waals surface area (Å²) < 4.78 is 26.5. The molecule has 2 rings (SSSR count). The van der Waals surface area contributed by atoms with E-state index in [0.717, 1.165) is 12.8 Å². The largest absolute Gasteiger partial charge is 0.389 e. The molecule has 1 atom stereocenters. The fourth-order valence-corrected chi connectivity index (χ4v) is 2.90. The molecule has 3 N–H and O–H groups in total. The molecule has 7 heteroatoms. The Morgan fingerprint density at radius 3 is 2.43 bits per heavy atom. The van der Waals surface area contributed by atoms with Crippen LogP contribution in [0.3, 0.4) is 0 Å². The van der Waals surface area contributed by atoms with Gasteiger partial charge in [0.25, 0.3) is 0 Å². The molecule has 1 aliphatic rings. The lowest BCUT2D eigenvalue weighted by Crippen LogP contribution is -2.35. The van der Waals surface area contributed by atoms with Crippen molar-refractivity contribution >= 4 is 15.9 Å². The van der Waals surface area contributed by atoms with Crippen molar-refractivity contribution in [3.8, 4) is 0 Å². The minimum atomic E-state index is -3.59. The van der Waals surface area contributed by atoms with E-state index >= 15 is 0 Å². The van der Waals surface area contributed by atoms with Gasteiger partial charge in [-0.15, -0.1) is 0 Å². The fraction of sp³-hybridized carbons (Fsp3) is 0.500. The van der Waals surface area contributed by atoms with Gasteiger partial charge in [0.15, 0.2) is 0 Å². The molecule has 1 aliphatic carbocycles. The lowest BCUT2D eigenvalue weighted by molar-refractivity contribution is -0.122. The minimum Gasteiger partial charge on any atom is -0.389 e. The van der Waals surface area contributed by atoms with E-state index in [2.05, 4.69) is 10.0 Å². The normalized spacial score (nSPS) is 16.5. The highest BCUT2D eigenvalue weighted by Gasteiger charge is 2.29. The van der Waals surface area contributed by atoms with E-state index < -0.39 is 16.1 Å². The molecular weight excluding hydrogens is 292 g/mol. The van der Waals surface area contributed by atoms with Crippen LogP contribution < -0.4 is 10.0 Å². The SMILES string of the molecule is CC(O)c1ccc(S(=O)(=O)NCCNC(=O)C2CC2)cc1. The van der Waals surface area contributed by atoms with Crippen LogP contribution in [0.5, 0.6) is 0 Å². The molecule has 0 saturated heterocycles. The first-order chi connectivity index (χ1) is 9.90. The van der Waals surface area contributed by atoms with E-state index in [4.69, 9.17) is 0 Å². The summed E-state index contributed by atoms with van der Waals surface area (Å²) in [4.78, 5) is 11.5. The number of rotatable bonds is 7. The summed E-state index contributed by atoms with van der Waals surface area (Å²) in [5.41, 5.74) is 0.658. The van der Waals surface area contributed by atoms with Crippen molar-refractivity contribution < 1.29 is 18.3 Å². The van der Waals surface area contributed by atoms with Crippen LogP contribution >= 0.6 is 0 Å². The number of aliphatic hydroxyl groups excluding tert-OH is 1. The summed E-state index contributed by atoms with van der Waals surface area (Å²) >= 11 is 0. The van der Waals surface area contributed by atoms with Crippen molar-refractivity contribution in [1.29, 1.82) is 0 Å². The maximum Gasteiger partial charge on any atom is 0.240 e. The first-order valence-electron chi connectivity index (χ1n) is 6.95. The average Bonchev–Trinajstić information content (AvgIpc) is 3.28. The number of amides is 1. The molecule has 116 valence electrons. The van der Waals surface area contributed by atoms with Crippen LogP contribution in [0.4, 0.5) is 0 Å². The topological polar surface area (TPSA) is 95.5 Å². The summed E-state index contributed by atoms with van der Waals surface area (Å²) in [7, 11) is -3.59. The Balaban J connectivity index is 1.84. The Kier molecular flexibility index (Phi) is 4.97. The predicted molar refractivity (Wildman–Crippen MR) is 78.0 cm³/mol. The minimum absolute atomic E-state index is 0.00418. The average molecular weight is 312 g/mol. The fourth-order valence-electron chi connectivity index (χ4n) is 1.87. The Hall–Kier alpha value is -1.44. The van der Waals surface area contributed by atoms with Gasteiger partial charge in [0.1, 0.15) is 0 Å². The Morgan fingerprint density at radius 2 is 1.90 bits per heavy atom. The number of nitrogens with one attached hydrogen (secondary N) is 2. The van der Waals surface area contributed by atoms with Crippen molar-refractivity contribution in [2.45, 2.75) is 30.8 Å². The van der Waals surface area contributed by atoms with Gasteiger partial charge >= 0.3 is 0 Å². The molecule has 0 aliphatic heterocycles. The van der Waals surface area contributed by atoms with Crippen LogP contribution in [0.1, 0.15) is 31.4 Å². The molecule has 1 saturated carbocycles. The van der Waals surface area contributed by atoms with E-state index in [9.17, 15) is 18.3 Å². The highest BCUT2D eigenvalue weighted by Crippen LogP contribution is 2.28. The standard InChI is InChI=1S/C14H20N2O4S/c1-10(17)11-4-6-13(7-5-11)21(19,20)16-9-8-15-14(18)12-2-3-12/h4-7,10,12,16-17H,2-3,8-9H2,1H3,(H,15,18). The lowest BCUT2D eigenvalue weighted by atomic mass is 10.1. The zero-order valence-corrected chi connectivity index (χ0v) is 12.7. The summed E-state index contributed by atoms with van der Waals surface area (Å²) in [5.74, 6) is 0.116. The monoisotopic (exact) mass is 312 g/mol. The van der Waals surface area contributed by atoms with Crippen LogP contribution in [-0.2, 0) is 14.8 Å². The summed E-state index contributed by atoms with van der Waals surface area (Å²) in [5, 5.41) is 12.1. The van der Waals surface area contributed by atoms with Gasteiger partial charge in [-0.05, 0) is 37.5 Å². The molecule has 0 spiro atoms. The second-order valence-electron chi connectivity index (χ2n) is 5.21. The maximum absolute atomic E-state index is 12.0. The van der Waals surface area contributed by atoms with Gasteiger partial charge < -0.3 is 10.4 Å². The first kappa shape index (κ1) is 15.9. The van der Waals surface area contributed by atoms with E-state index in [1.165, 1.54) is 12.1 Å². The first-order valence-corrected chi connectivity index (χ1v) is 8.44. The van der Waals surface area contributed by atoms with Crippen LogP contribution in [-0.4, -0.2) is 32.5 Å². The van der Waals surface area contributed by atoms with Gasteiger partial charge in [0, 0.05) is 19.0 Å².